The molecule has 0 aliphatic carbocycles. The fraction of sp³-hybridized carbons (Fsp3) is 0.300. The van der Waals surface area contributed by atoms with Gasteiger partial charge >= 0.3 is 0 Å². The molecule has 1 aromatic carbocycles. The van der Waals surface area contributed by atoms with Crippen LogP contribution in [0.2, 0.25) is 0 Å². The first-order valence-electron chi connectivity index (χ1n) is 4.71. The molecule has 3 N–H and O–H groups in total. The summed E-state index contributed by atoms with van der Waals surface area (Å²) in [6, 6.07) is 4.52. The molecule has 0 fully saturated rings. The van der Waals surface area contributed by atoms with E-state index in [-0.39, 0.29) is 5.82 Å². The second-order valence-corrected chi connectivity index (χ2v) is 4.79. The molecule has 0 radical (unpaired) electrons. The number of nitrogens with zero attached hydrogens (tertiary/aromatic N) is 1. The van der Waals surface area contributed by atoms with Crippen molar-refractivity contribution in [3.05, 3.63) is 24.0 Å². The van der Waals surface area contributed by atoms with Gasteiger partial charge in [-0.3, -0.25) is 0 Å². The normalized spacial score (nSPS) is 13.3. The van der Waals surface area contributed by atoms with Gasteiger partial charge in [-0.25, -0.2) is 9.37 Å². The number of aromatic nitrogens is 2. The maximum absolute atomic E-state index is 12.9. The lowest BCUT2D eigenvalue weighted by atomic mass is 10.3. The minimum absolute atomic E-state index is 0.255. The topological polar surface area (TPSA) is 54.7 Å². The lowest BCUT2D eigenvalue weighted by Crippen LogP contribution is -2.12. The van der Waals surface area contributed by atoms with Crippen molar-refractivity contribution in [1.29, 1.82) is 0 Å². The minimum Gasteiger partial charge on any atom is -0.333 e. The Morgan fingerprint density at radius 1 is 1.60 bits per heavy atom. The zero-order chi connectivity index (χ0) is 10.8. The number of aromatic amines is 1. The summed E-state index contributed by atoms with van der Waals surface area (Å²) < 4.78 is 12.9. The van der Waals surface area contributed by atoms with Crippen LogP contribution in [0.3, 0.4) is 0 Å². The molecule has 2 rings (SSSR count). The van der Waals surface area contributed by atoms with Gasteiger partial charge in [-0.15, -0.1) is 0 Å². The predicted octanol–water partition coefficient (Wildman–Crippen LogP) is 2.14. The van der Waals surface area contributed by atoms with E-state index in [1.807, 2.05) is 6.92 Å². The number of H-pyrrole nitrogens is 1. The van der Waals surface area contributed by atoms with Gasteiger partial charge in [-0.2, -0.15) is 0 Å². The molecule has 1 unspecified atom stereocenters. The van der Waals surface area contributed by atoms with Gasteiger partial charge in [0.2, 0.25) is 0 Å². The van der Waals surface area contributed by atoms with Crippen molar-refractivity contribution in [2.24, 2.45) is 5.73 Å². The Labute approximate surface area is 91.3 Å². The van der Waals surface area contributed by atoms with Crippen molar-refractivity contribution < 1.29 is 4.39 Å². The number of hydrogen-bond donors (Lipinski definition) is 2. The van der Waals surface area contributed by atoms with Gasteiger partial charge in [-0.1, -0.05) is 18.7 Å². The fourth-order valence-electron chi connectivity index (χ4n) is 1.25. The molecule has 1 aromatic heterocycles. The number of fused-ring (bicyclic) bond motifs is 1. The van der Waals surface area contributed by atoms with Gasteiger partial charge in [0.1, 0.15) is 5.82 Å². The first kappa shape index (κ1) is 10.4. The standard InChI is InChI=1S/C10H12FN3S/c1-6(5-12)15-10-13-8-3-2-7(11)4-9(8)14-10/h2-4,6H,5,12H2,1H3,(H,13,14). The molecule has 2 aromatic rings. The number of hydrogen-bond acceptors (Lipinski definition) is 3. The molecule has 0 aliphatic rings. The van der Waals surface area contributed by atoms with Crippen molar-refractivity contribution in [2.45, 2.75) is 17.3 Å². The number of nitrogens with one attached hydrogen (secondary N) is 1. The van der Waals surface area contributed by atoms with Crippen LogP contribution in [-0.4, -0.2) is 21.8 Å². The van der Waals surface area contributed by atoms with Crippen LogP contribution in [0.4, 0.5) is 4.39 Å². The maximum Gasteiger partial charge on any atom is 0.166 e. The average molecular weight is 225 g/mol. The smallest absolute Gasteiger partial charge is 0.166 e. The van der Waals surface area contributed by atoms with Crippen LogP contribution in [0.15, 0.2) is 23.4 Å². The lowest BCUT2D eigenvalue weighted by Gasteiger charge is -2.03. The second-order valence-electron chi connectivity index (χ2n) is 3.37. The van der Waals surface area contributed by atoms with E-state index in [0.29, 0.717) is 11.8 Å². The van der Waals surface area contributed by atoms with E-state index in [1.165, 1.54) is 12.1 Å². The van der Waals surface area contributed by atoms with Gasteiger partial charge in [0.25, 0.3) is 0 Å². The van der Waals surface area contributed by atoms with E-state index < -0.39 is 0 Å². The molecule has 0 saturated heterocycles. The highest BCUT2D eigenvalue weighted by Gasteiger charge is 2.07. The lowest BCUT2D eigenvalue weighted by molar-refractivity contribution is 0.629. The summed E-state index contributed by atoms with van der Waals surface area (Å²) in [4.78, 5) is 7.38. The molecule has 0 bridgehead atoms. The number of benzene rings is 1. The molecule has 0 saturated carbocycles. The summed E-state index contributed by atoms with van der Waals surface area (Å²) in [5.41, 5.74) is 7.02. The molecule has 1 atom stereocenters. The van der Waals surface area contributed by atoms with E-state index in [1.54, 1.807) is 17.8 Å². The number of rotatable bonds is 3. The highest BCUT2D eigenvalue weighted by Crippen LogP contribution is 2.23. The molecule has 0 amide bonds. The summed E-state index contributed by atoms with van der Waals surface area (Å²) in [6.07, 6.45) is 0. The van der Waals surface area contributed by atoms with Crippen LogP contribution >= 0.6 is 11.8 Å². The van der Waals surface area contributed by atoms with E-state index >= 15 is 0 Å². The maximum atomic E-state index is 12.9. The molecule has 0 spiro atoms. The van der Waals surface area contributed by atoms with Crippen LogP contribution in [0.1, 0.15) is 6.92 Å². The van der Waals surface area contributed by atoms with Crippen molar-refractivity contribution in [3.63, 3.8) is 0 Å². The number of halogens is 1. The molecule has 3 nitrogen and oxygen atoms in total. The Hall–Kier alpha value is -1.07. The van der Waals surface area contributed by atoms with Gasteiger partial charge in [0.15, 0.2) is 5.16 Å². The molecular formula is C10H12FN3S. The Morgan fingerprint density at radius 2 is 2.40 bits per heavy atom. The van der Waals surface area contributed by atoms with Gasteiger partial charge in [-0.05, 0) is 18.2 Å². The molecule has 15 heavy (non-hydrogen) atoms. The van der Waals surface area contributed by atoms with Crippen LogP contribution in [0, 0.1) is 5.82 Å². The van der Waals surface area contributed by atoms with E-state index in [2.05, 4.69) is 9.97 Å². The Balaban J connectivity index is 2.30. The van der Waals surface area contributed by atoms with Crippen molar-refractivity contribution >= 4 is 22.8 Å². The Kier molecular flexibility index (Phi) is 2.93. The van der Waals surface area contributed by atoms with Crippen LogP contribution in [-0.2, 0) is 0 Å². The number of nitrogens with two attached hydrogens (primary N) is 1. The molecule has 5 heteroatoms. The molecular weight excluding hydrogens is 213 g/mol. The third kappa shape index (κ3) is 2.30. The first-order valence-corrected chi connectivity index (χ1v) is 5.59. The molecule has 1 heterocycles. The number of imidazole rings is 1. The summed E-state index contributed by atoms with van der Waals surface area (Å²) in [6.45, 7) is 2.62. The van der Waals surface area contributed by atoms with E-state index in [0.717, 1.165) is 16.2 Å². The van der Waals surface area contributed by atoms with Crippen LogP contribution in [0.5, 0.6) is 0 Å². The molecule has 0 aliphatic heterocycles. The summed E-state index contributed by atoms with van der Waals surface area (Å²) in [7, 11) is 0. The zero-order valence-corrected chi connectivity index (χ0v) is 9.14. The largest absolute Gasteiger partial charge is 0.333 e. The predicted molar refractivity (Wildman–Crippen MR) is 60.4 cm³/mol. The van der Waals surface area contributed by atoms with E-state index in [4.69, 9.17) is 5.73 Å². The third-order valence-electron chi connectivity index (χ3n) is 2.07. The van der Waals surface area contributed by atoms with Gasteiger partial charge < -0.3 is 10.7 Å². The number of thioether (sulfide) groups is 1. The van der Waals surface area contributed by atoms with Crippen molar-refractivity contribution in [2.75, 3.05) is 6.54 Å². The van der Waals surface area contributed by atoms with Crippen molar-refractivity contribution in [1.82, 2.24) is 9.97 Å². The van der Waals surface area contributed by atoms with Crippen molar-refractivity contribution in [3.8, 4) is 0 Å². The quantitative estimate of drug-likeness (QED) is 0.787. The highest BCUT2D eigenvalue weighted by atomic mass is 32.2. The zero-order valence-electron chi connectivity index (χ0n) is 8.33. The Morgan fingerprint density at radius 3 is 3.13 bits per heavy atom. The first-order chi connectivity index (χ1) is 7.19. The average Bonchev–Trinajstić information content (AvgIpc) is 2.59. The minimum atomic E-state index is -0.255. The fourth-order valence-corrected chi connectivity index (χ4v) is 2.05. The van der Waals surface area contributed by atoms with Gasteiger partial charge in [0.05, 0.1) is 11.0 Å². The summed E-state index contributed by atoms with van der Waals surface area (Å²) in [5.74, 6) is -0.255. The Bertz CT molecular complexity index is 469. The third-order valence-corrected chi connectivity index (χ3v) is 3.08. The van der Waals surface area contributed by atoms with Crippen LogP contribution in [0.25, 0.3) is 11.0 Å². The monoisotopic (exact) mass is 225 g/mol. The van der Waals surface area contributed by atoms with Gasteiger partial charge in [0, 0.05) is 11.8 Å². The van der Waals surface area contributed by atoms with E-state index in [9.17, 15) is 4.39 Å². The SMILES string of the molecule is CC(CN)Sc1nc2ccc(F)cc2[nH]1. The summed E-state index contributed by atoms with van der Waals surface area (Å²) >= 11 is 1.56. The summed E-state index contributed by atoms with van der Waals surface area (Å²) in [5, 5.41) is 1.09. The van der Waals surface area contributed by atoms with Crippen LogP contribution < -0.4 is 5.73 Å². The second kappa shape index (κ2) is 4.20. The molecule has 80 valence electrons. The highest BCUT2D eigenvalue weighted by molar-refractivity contribution is 7.99.